The fourth-order valence-corrected chi connectivity index (χ4v) is 2.64. The van der Waals surface area contributed by atoms with Gasteiger partial charge in [0.15, 0.2) is 5.96 Å². The van der Waals surface area contributed by atoms with E-state index in [1.54, 1.807) is 21.3 Å². The molecule has 2 aromatic rings. The van der Waals surface area contributed by atoms with E-state index in [9.17, 15) is 0 Å². The Kier molecular flexibility index (Phi) is 7.79. The van der Waals surface area contributed by atoms with Crippen molar-refractivity contribution in [1.82, 2.24) is 10.6 Å². The van der Waals surface area contributed by atoms with Gasteiger partial charge in [0.1, 0.15) is 5.75 Å². The van der Waals surface area contributed by atoms with Crippen molar-refractivity contribution in [2.75, 3.05) is 34.4 Å². The summed E-state index contributed by atoms with van der Waals surface area (Å²) in [5, 5.41) is 6.64. The first kappa shape index (κ1) is 18.8. The highest BCUT2D eigenvalue weighted by Crippen LogP contribution is 2.17. The molecular formula is C20H27N3O2. The summed E-state index contributed by atoms with van der Waals surface area (Å²) in [6.45, 7) is 1.41. The number of para-hydroxylation sites is 1. The highest BCUT2D eigenvalue weighted by molar-refractivity contribution is 5.79. The second-order valence-electron chi connectivity index (χ2n) is 5.58. The molecule has 1 unspecified atom stereocenters. The Balaban J connectivity index is 1.82. The number of benzene rings is 2. The molecule has 0 aliphatic carbocycles. The Labute approximate surface area is 150 Å². The van der Waals surface area contributed by atoms with Crippen LogP contribution in [0.25, 0.3) is 0 Å². The number of methoxy groups -OCH3 is 2. The SMILES string of the molecule is CN=C(NCCc1ccccc1OC)NCC(OC)c1ccccc1. The van der Waals surface area contributed by atoms with Crippen LogP contribution in [-0.2, 0) is 11.2 Å². The number of ether oxygens (including phenoxy) is 2. The smallest absolute Gasteiger partial charge is 0.191 e. The largest absolute Gasteiger partial charge is 0.496 e. The lowest BCUT2D eigenvalue weighted by Crippen LogP contribution is -2.40. The average Bonchev–Trinajstić information content (AvgIpc) is 2.68. The minimum absolute atomic E-state index is 0.0195. The second kappa shape index (κ2) is 10.4. The lowest BCUT2D eigenvalue weighted by Gasteiger charge is -2.19. The number of guanidine groups is 1. The van der Waals surface area contributed by atoms with Crippen LogP contribution in [0.2, 0.25) is 0 Å². The van der Waals surface area contributed by atoms with Gasteiger partial charge in [-0.25, -0.2) is 0 Å². The number of nitrogens with zero attached hydrogens (tertiary/aromatic N) is 1. The lowest BCUT2D eigenvalue weighted by molar-refractivity contribution is 0.106. The Morgan fingerprint density at radius 3 is 2.40 bits per heavy atom. The van der Waals surface area contributed by atoms with Gasteiger partial charge in [-0.2, -0.15) is 0 Å². The van der Waals surface area contributed by atoms with Crippen LogP contribution in [0.1, 0.15) is 17.2 Å². The van der Waals surface area contributed by atoms with Crippen LogP contribution >= 0.6 is 0 Å². The van der Waals surface area contributed by atoms with E-state index in [1.165, 1.54) is 5.56 Å². The summed E-state index contributed by atoms with van der Waals surface area (Å²) in [4.78, 5) is 4.27. The molecule has 0 heterocycles. The van der Waals surface area contributed by atoms with Crippen LogP contribution in [0.15, 0.2) is 59.6 Å². The molecule has 2 N–H and O–H groups in total. The number of hydrogen-bond donors (Lipinski definition) is 2. The third-order valence-corrected chi connectivity index (χ3v) is 4.01. The number of rotatable bonds is 8. The van der Waals surface area contributed by atoms with E-state index in [0.717, 1.165) is 30.2 Å². The van der Waals surface area contributed by atoms with Crippen molar-refractivity contribution >= 4 is 5.96 Å². The van der Waals surface area contributed by atoms with Crippen molar-refractivity contribution in [3.63, 3.8) is 0 Å². The first-order chi connectivity index (χ1) is 12.3. The van der Waals surface area contributed by atoms with Crippen LogP contribution in [0.4, 0.5) is 0 Å². The maximum atomic E-state index is 5.57. The topological polar surface area (TPSA) is 54.9 Å². The molecular weight excluding hydrogens is 314 g/mol. The highest BCUT2D eigenvalue weighted by atomic mass is 16.5. The van der Waals surface area contributed by atoms with Gasteiger partial charge in [0.2, 0.25) is 0 Å². The molecule has 0 amide bonds. The van der Waals surface area contributed by atoms with Gasteiger partial charge < -0.3 is 20.1 Å². The molecule has 134 valence electrons. The third kappa shape index (κ3) is 5.80. The first-order valence-corrected chi connectivity index (χ1v) is 8.42. The van der Waals surface area contributed by atoms with Crippen molar-refractivity contribution in [2.24, 2.45) is 4.99 Å². The van der Waals surface area contributed by atoms with Crippen molar-refractivity contribution in [3.05, 3.63) is 65.7 Å². The molecule has 0 aromatic heterocycles. The molecule has 0 bridgehead atoms. The average molecular weight is 341 g/mol. The van der Waals surface area contributed by atoms with Gasteiger partial charge in [0.05, 0.1) is 13.2 Å². The summed E-state index contributed by atoms with van der Waals surface area (Å²) >= 11 is 0. The molecule has 25 heavy (non-hydrogen) atoms. The molecule has 0 aliphatic heterocycles. The molecule has 2 aromatic carbocycles. The van der Waals surface area contributed by atoms with Gasteiger partial charge in [0.25, 0.3) is 0 Å². The van der Waals surface area contributed by atoms with Gasteiger partial charge in [0, 0.05) is 27.2 Å². The van der Waals surface area contributed by atoms with Gasteiger partial charge in [-0.1, -0.05) is 48.5 Å². The van der Waals surface area contributed by atoms with Gasteiger partial charge >= 0.3 is 0 Å². The zero-order valence-corrected chi connectivity index (χ0v) is 15.2. The molecule has 0 saturated heterocycles. The zero-order chi connectivity index (χ0) is 17.9. The monoisotopic (exact) mass is 341 g/mol. The lowest BCUT2D eigenvalue weighted by atomic mass is 10.1. The molecule has 1 atom stereocenters. The summed E-state index contributed by atoms with van der Waals surface area (Å²) in [7, 11) is 5.18. The Morgan fingerprint density at radius 2 is 1.72 bits per heavy atom. The number of aliphatic imine (C=N–C) groups is 1. The summed E-state index contributed by atoms with van der Waals surface area (Å²) in [6.07, 6.45) is 0.839. The van der Waals surface area contributed by atoms with E-state index in [1.807, 2.05) is 36.4 Å². The summed E-state index contributed by atoms with van der Waals surface area (Å²) in [5.74, 6) is 1.67. The van der Waals surface area contributed by atoms with E-state index in [4.69, 9.17) is 9.47 Å². The van der Waals surface area contributed by atoms with Crippen molar-refractivity contribution < 1.29 is 9.47 Å². The van der Waals surface area contributed by atoms with Crippen molar-refractivity contribution in [1.29, 1.82) is 0 Å². The van der Waals surface area contributed by atoms with Gasteiger partial charge in [-0.05, 0) is 23.6 Å². The fraction of sp³-hybridized carbons (Fsp3) is 0.350. The van der Waals surface area contributed by atoms with E-state index in [2.05, 4.69) is 33.8 Å². The molecule has 0 saturated carbocycles. The molecule has 5 heteroatoms. The quantitative estimate of drug-likeness (QED) is 0.573. The summed E-state index contributed by atoms with van der Waals surface area (Å²) in [6, 6.07) is 18.2. The van der Waals surface area contributed by atoms with Crippen LogP contribution in [0, 0.1) is 0 Å². The second-order valence-corrected chi connectivity index (χ2v) is 5.58. The van der Waals surface area contributed by atoms with E-state index in [0.29, 0.717) is 6.54 Å². The van der Waals surface area contributed by atoms with Crippen LogP contribution < -0.4 is 15.4 Å². The third-order valence-electron chi connectivity index (χ3n) is 4.01. The maximum absolute atomic E-state index is 5.57. The minimum atomic E-state index is -0.0195. The van der Waals surface area contributed by atoms with Gasteiger partial charge in [-0.15, -0.1) is 0 Å². The van der Waals surface area contributed by atoms with Crippen LogP contribution in [0.3, 0.4) is 0 Å². The molecule has 2 rings (SSSR count). The predicted molar refractivity (Wildman–Crippen MR) is 102 cm³/mol. The van der Waals surface area contributed by atoms with E-state index >= 15 is 0 Å². The first-order valence-electron chi connectivity index (χ1n) is 8.42. The molecule has 0 radical (unpaired) electrons. The highest BCUT2D eigenvalue weighted by Gasteiger charge is 2.10. The minimum Gasteiger partial charge on any atom is -0.496 e. The normalized spacial score (nSPS) is 12.5. The number of hydrogen-bond acceptors (Lipinski definition) is 3. The van der Waals surface area contributed by atoms with Crippen molar-refractivity contribution in [2.45, 2.75) is 12.5 Å². The molecule has 0 fully saturated rings. The maximum Gasteiger partial charge on any atom is 0.191 e. The Hall–Kier alpha value is -2.53. The standard InChI is InChI=1S/C20H27N3O2/c1-21-20(22-14-13-17-11-7-8-12-18(17)24-2)23-15-19(25-3)16-9-5-4-6-10-16/h4-12,19H,13-15H2,1-3H3,(H2,21,22,23). The zero-order valence-electron chi connectivity index (χ0n) is 15.2. The van der Waals surface area contributed by atoms with Crippen LogP contribution in [0.5, 0.6) is 5.75 Å². The van der Waals surface area contributed by atoms with Gasteiger partial charge in [-0.3, -0.25) is 4.99 Å². The Bertz CT molecular complexity index is 659. The van der Waals surface area contributed by atoms with Crippen molar-refractivity contribution in [3.8, 4) is 5.75 Å². The number of nitrogens with one attached hydrogen (secondary N) is 2. The predicted octanol–water partition coefficient (Wildman–Crippen LogP) is 2.79. The molecule has 0 aliphatic rings. The summed E-state index contributed by atoms with van der Waals surface area (Å²) in [5.41, 5.74) is 2.31. The van der Waals surface area contributed by atoms with E-state index in [-0.39, 0.29) is 6.10 Å². The summed E-state index contributed by atoms with van der Waals surface area (Å²) < 4.78 is 11.0. The Morgan fingerprint density at radius 1 is 1.00 bits per heavy atom. The van der Waals surface area contributed by atoms with E-state index < -0.39 is 0 Å². The van der Waals surface area contributed by atoms with Crippen LogP contribution in [-0.4, -0.2) is 40.3 Å². The molecule has 0 spiro atoms. The fourth-order valence-electron chi connectivity index (χ4n) is 2.64. The molecule has 5 nitrogen and oxygen atoms in total.